The van der Waals surface area contributed by atoms with E-state index in [1.807, 2.05) is 6.07 Å². The highest BCUT2D eigenvalue weighted by atomic mass is 16.4. The van der Waals surface area contributed by atoms with Gasteiger partial charge < -0.3 is 4.42 Å². The summed E-state index contributed by atoms with van der Waals surface area (Å²) < 4.78 is 6.59. The molecule has 0 fully saturated rings. The average molecular weight is 529 g/mol. The number of oxazole rings is 1. The molecule has 1 aliphatic rings. The standard InChI is InChI=1S/C38H28N2O/c1-38(2)32-18-10-8-17-30(32)31-22-21-27(24-33(31)38)40(34-19-11-9-15-28(34)25-12-4-3-5-13-25)37-39-36-29-16-7-6-14-26(29)20-23-35(36)41-37/h3-24H,1-2H3. The number of para-hydroxylation sites is 1. The summed E-state index contributed by atoms with van der Waals surface area (Å²) in [6, 6.07) is 47.6. The third-order valence-corrected chi connectivity index (χ3v) is 8.52. The Kier molecular flexibility index (Phi) is 5.17. The first-order valence-electron chi connectivity index (χ1n) is 14.1. The topological polar surface area (TPSA) is 29.3 Å². The zero-order valence-corrected chi connectivity index (χ0v) is 23.0. The molecule has 1 aromatic heterocycles. The quantitative estimate of drug-likeness (QED) is 0.228. The van der Waals surface area contributed by atoms with Crippen molar-refractivity contribution in [2.75, 3.05) is 4.90 Å². The fraction of sp³-hybridized carbons (Fsp3) is 0.0789. The fourth-order valence-electron chi connectivity index (χ4n) is 6.46. The van der Waals surface area contributed by atoms with Crippen LogP contribution in [0.4, 0.5) is 17.4 Å². The summed E-state index contributed by atoms with van der Waals surface area (Å²) in [5.41, 5.74) is 11.1. The van der Waals surface area contributed by atoms with Crippen LogP contribution in [0.5, 0.6) is 0 Å². The van der Waals surface area contributed by atoms with E-state index in [9.17, 15) is 0 Å². The van der Waals surface area contributed by atoms with E-state index in [0.29, 0.717) is 6.01 Å². The second-order valence-electron chi connectivity index (χ2n) is 11.2. The van der Waals surface area contributed by atoms with Crippen molar-refractivity contribution in [3.8, 4) is 22.3 Å². The van der Waals surface area contributed by atoms with Crippen molar-refractivity contribution in [2.45, 2.75) is 19.3 Å². The maximum atomic E-state index is 6.59. The van der Waals surface area contributed by atoms with E-state index in [1.165, 1.54) is 22.3 Å². The Morgan fingerprint density at radius 1 is 0.610 bits per heavy atom. The summed E-state index contributed by atoms with van der Waals surface area (Å²) in [4.78, 5) is 7.33. The van der Waals surface area contributed by atoms with Gasteiger partial charge in [0, 0.05) is 16.4 Å². The largest absolute Gasteiger partial charge is 0.423 e. The van der Waals surface area contributed by atoms with Crippen molar-refractivity contribution in [1.82, 2.24) is 4.98 Å². The van der Waals surface area contributed by atoms with Gasteiger partial charge in [-0.2, -0.15) is 4.98 Å². The molecule has 0 saturated heterocycles. The molecule has 1 aliphatic carbocycles. The Balaban J connectivity index is 1.39. The summed E-state index contributed by atoms with van der Waals surface area (Å²) >= 11 is 0. The minimum Gasteiger partial charge on any atom is -0.423 e. The molecule has 3 heteroatoms. The number of hydrogen-bond donors (Lipinski definition) is 0. The van der Waals surface area contributed by atoms with E-state index in [4.69, 9.17) is 9.40 Å². The molecule has 0 amide bonds. The number of nitrogens with zero attached hydrogens (tertiary/aromatic N) is 2. The van der Waals surface area contributed by atoms with Crippen LogP contribution in [0, 0.1) is 0 Å². The number of aromatic nitrogens is 1. The Morgan fingerprint density at radius 2 is 1.32 bits per heavy atom. The molecule has 1 heterocycles. The maximum Gasteiger partial charge on any atom is 0.307 e. The number of anilines is 3. The molecule has 0 saturated carbocycles. The maximum absolute atomic E-state index is 6.59. The van der Waals surface area contributed by atoms with Gasteiger partial charge in [0.2, 0.25) is 0 Å². The third kappa shape index (κ3) is 3.63. The molecule has 7 aromatic rings. The van der Waals surface area contributed by atoms with Gasteiger partial charge in [0.25, 0.3) is 0 Å². The van der Waals surface area contributed by atoms with Crippen LogP contribution >= 0.6 is 0 Å². The minimum absolute atomic E-state index is 0.121. The molecule has 0 unspecified atom stereocenters. The van der Waals surface area contributed by atoms with Gasteiger partial charge >= 0.3 is 6.01 Å². The van der Waals surface area contributed by atoms with Crippen molar-refractivity contribution in [3.05, 3.63) is 145 Å². The number of rotatable bonds is 4. The molecule has 8 rings (SSSR count). The third-order valence-electron chi connectivity index (χ3n) is 8.52. The zero-order valence-electron chi connectivity index (χ0n) is 23.0. The Labute approximate surface area is 239 Å². The highest BCUT2D eigenvalue weighted by molar-refractivity contribution is 6.04. The number of hydrogen-bond acceptors (Lipinski definition) is 3. The summed E-state index contributed by atoms with van der Waals surface area (Å²) in [5, 5.41) is 2.23. The van der Waals surface area contributed by atoms with E-state index in [-0.39, 0.29) is 5.41 Å². The van der Waals surface area contributed by atoms with Crippen molar-refractivity contribution >= 4 is 39.3 Å². The molecule has 0 aliphatic heterocycles. The van der Waals surface area contributed by atoms with Crippen LogP contribution < -0.4 is 4.90 Å². The Hall–Kier alpha value is -5.15. The van der Waals surface area contributed by atoms with Crippen LogP contribution in [0.25, 0.3) is 44.1 Å². The van der Waals surface area contributed by atoms with Gasteiger partial charge in [-0.3, -0.25) is 4.90 Å². The molecule has 3 nitrogen and oxygen atoms in total. The second-order valence-corrected chi connectivity index (χ2v) is 11.2. The predicted molar refractivity (Wildman–Crippen MR) is 169 cm³/mol. The molecule has 0 spiro atoms. The molecule has 196 valence electrons. The molecule has 6 aromatic carbocycles. The van der Waals surface area contributed by atoms with Crippen molar-refractivity contribution in [1.29, 1.82) is 0 Å². The van der Waals surface area contributed by atoms with Crippen LogP contribution in [0.15, 0.2) is 138 Å². The van der Waals surface area contributed by atoms with E-state index in [1.54, 1.807) is 0 Å². The van der Waals surface area contributed by atoms with Gasteiger partial charge in [-0.1, -0.05) is 123 Å². The van der Waals surface area contributed by atoms with Crippen LogP contribution in [-0.4, -0.2) is 4.98 Å². The van der Waals surface area contributed by atoms with Crippen molar-refractivity contribution < 1.29 is 4.42 Å². The van der Waals surface area contributed by atoms with Gasteiger partial charge in [-0.25, -0.2) is 0 Å². The molecule has 0 N–H and O–H groups in total. The first-order valence-corrected chi connectivity index (χ1v) is 14.1. The van der Waals surface area contributed by atoms with Crippen molar-refractivity contribution in [2.24, 2.45) is 0 Å². The highest BCUT2D eigenvalue weighted by Crippen LogP contribution is 2.51. The normalized spacial score (nSPS) is 13.3. The lowest BCUT2D eigenvalue weighted by Crippen LogP contribution is -2.17. The predicted octanol–water partition coefficient (Wildman–Crippen LogP) is 10.4. The smallest absolute Gasteiger partial charge is 0.307 e. The number of benzene rings is 6. The monoisotopic (exact) mass is 528 g/mol. The highest BCUT2D eigenvalue weighted by Gasteiger charge is 2.36. The fourth-order valence-corrected chi connectivity index (χ4v) is 6.46. The molecule has 0 atom stereocenters. The van der Waals surface area contributed by atoms with Gasteiger partial charge in [0.15, 0.2) is 5.58 Å². The van der Waals surface area contributed by atoms with Crippen molar-refractivity contribution in [3.63, 3.8) is 0 Å². The van der Waals surface area contributed by atoms with E-state index in [2.05, 4.69) is 146 Å². The Morgan fingerprint density at radius 3 is 2.20 bits per heavy atom. The summed E-state index contributed by atoms with van der Waals surface area (Å²) in [6.07, 6.45) is 0. The molecular formula is C38H28N2O. The summed E-state index contributed by atoms with van der Waals surface area (Å²) in [5.74, 6) is 0. The molecular weight excluding hydrogens is 500 g/mol. The van der Waals surface area contributed by atoms with Crippen LogP contribution in [-0.2, 0) is 5.41 Å². The van der Waals surface area contributed by atoms with Crippen LogP contribution in [0.1, 0.15) is 25.0 Å². The first kappa shape index (κ1) is 23.7. The summed E-state index contributed by atoms with van der Waals surface area (Å²) in [6.45, 7) is 4.63. The zero-order chi connectivity index (χ0) is 27.6. The lowest BCUT2D eigenvalue weighted by molar-refractivity contribution is 0.608. The van der Waals surface area contributed by atoms with Gasteiger partial charge in [0.1, 0.15) is 5.52 Å². The van der Waals surface area contributed by atoms with Crippen LogP contribution in [0.3, 0.4) is 0 Å². The molecule has 0 bridgehead atoms. The first-order chi connectivity index (χ1) is 20.1. The second kappa shape index (κ2) is 8.94. The van der Waals surface area contributed by atoms with Gasteiger partial charge in [0.05, 0.1) is 11.4 Å². The van der Waals surface area contributed by atoms with Gasteiger partial charge in [-0.05, 0) is 57.5 Å². The molecule has 41 heavy (non-hydrogen) atoms. The van der Waals surface area contributed by atoms with E-state index in [0.717, 1.165) is 44.4 Å². The average Bonchev–Trinajstić information content (AvgIpc) is 3.55. The lowest BCUT2D eigenvalue weighted by Gasteiger charge is -2.27. The Bertz CT molecular complexity index is 2090. The lowest BCUT2D eigenvalue weighted by atomic mass is 9.82. The van der Waals surface area contributed by atoms with Crippen LogP contribution in [0.2, 0.25) is 0 Å². The minimum atomic E-state index is -0.121. The molecule has 0 radical (unpaired) electrons. The SMILES string of the molecule is CC1(C)c2ccccc2-c2ccc(N(c3nc4c(ccc5ccccc54)o3)c3ccccc3-c3ccccc3)cc21. The van der Waals surface area contributed by atoms with E-state index >= 15 is 0 Å². The van der Waals surface area contributed by atoms with Gasteiger partial charge in [-0.15, -0.1) is 0 Å². The summed E-state index contributed by atoms with van der Waals surface area (Å²) in [7, 11) is 0. The van der Waals surface area contributed by atoms with E-state index < -0.39 is 0 Å². The number of fused-ring (bicyclic) bond motifs is 6.